The van der Waals surface area contributed by atoms with Crippen LogP contribution in [-0.4, -0.2) is 35.7 Å². The molecular formula is C15H19NO4. The third-order valence-electron chi connectivity index (χ3n) is 3.69. The van der Waals surface area contributed by atoms with Gasteiger partial charge >= 0.3 is 5.97 Å². The quantitative estimate of drug-likeness (QED) is 0.879. The zero-order valence-electron chi connectivity index (χ0n) is 11.9. The Morgan fingerprint density at radius 2 is 1.85 bits per heavy atom. The van der Waals surface area contributed by atoms with Gasteiger partial charge in [-0.15, -0.1) is 0 Å². The van der Waals surface area contributed by atoms with Crippen LogP contribution in [0.4, 0.5) is 0 Å². The number of carboxylic acids is 1. The second-order valence-corrected chi connectivity index (χ2v) is 5.42. The van der Waals surface area contributed by atoms with Crippen molar-refractivity contribution in [3.63, 3.8) is 0 Å². The van der Waals surface area contributed by atoms with Crippen molar-refractivity contribution in [1.29, 1.82) is 0 Å². The van der Waals surface area contributed by atoms with Crippen LogP contribution in [0.25, 0.3) is 0 Å². The normalized spacial score (nSPS) is 21.8. The molecule has 2 N–H and O–H groups in total. The number of nitrogens with one attached hydrogen (secondary N) is 1. The Balaban J connectivity index is 2.31. The van der Waals surface area contributed by atoms with E-state index in [0.717, 1.165) is 16.7 Å². The maximum absolute atomic E-state index is 12.4. The van der Waals surface area contributed by atoms with Crippen molar-refractivity contribution in [3.8, 4) is 0 Å². The van der Waals surface area contributed by atoms with Gasteiger partial charge in [-0.1, -0.05) is 17.7 Å². The van der Waals surface area contributed by atoms with E-state index in [0.29, 0.717) is 12.2 Å². The maximum atomic E-state index is 12.4. The molecule has 1 unspecified atom stereocenters. The van der Waals surface area contributed by atoms with Crippen molar-refractivity contribution in [1.82, 2.24) is 5.32 Å². The topological polar surface area (TPSA) is 75.6 Å². The fraction of sp³-hybridized carbons (Fsp3) is 0.467. The molecule has 1 amide bonds. The number of hydrogen-bond acceptors (Lipinski definition) is 3. The molecule has 1 aromatic rings. The van der Waals surface area contributed by atoms with E-state index in [1.54, 1.807) is 0 Å². The minimum absolute atomic E-state index is 0.0119. The van der Waals surface area contributed by atoms with Crippen LogP contribution in [0, 0.1) is 20.8 Å². The largest absolute Gasteiger partial charge is 0.479 e. The molecule has 108 valence electrons. The summed E-state index contributed by atoms with van der Waals surface area (Å²) >= 11 is 0. The van der Waals surface area contributed by atoms with Crippen molar-refractivity contribution >= 4 is 11.9 Å². The van der Waals surface area contributed by atoms with Gasteiger partial charge in [0.15, 0.2) is 5.54 Å². The predicted octanol–water partition coefficient (Wildman–Crippen LogP) is 1.59. The summed E-state index contributed by atoms with van der Waals surface area (Å²) in [4.78, 5) is 23.9. The van der Waals surface area contributed by atoms with Crippen molar-refractivity contribution < 1.29 is 19.4 Å². The standard InChI is InChI=1S/C15H19NO4/c1-9-6-10(2)12(11(3)7-9)13(17)16-15(14(18)19)4-5-20-8-15/h6-7H,4-5,8H2,1-3H3,(H,16,17)(H,18,19). The molecule has 20 heavy (non-hydrogen) atoms. The zero-order chi connectivity index (χ0) is 14.9. The molecule has 1 aliphatic rings. The first-order valence-electron chi connectivity index (χ1n) is 6.57. The molecule has 1 saturated heterocycles. The third-order valence-corrected chi connectivity index (χ3v) is 3.69. The van der Waals surface area contributed by atoms with Gasteiger partial charge in [0, 0.05) is 18.6 Å². The highest BCUT2D eigenvalue weighted by atomic mass is 16.5. The van der Waals surface area contributed by atoms with Crippen LogP contribution in [0.15, 0.2) is 12.1 Å². The van der Waals surface area contributed by atoms with Gasteiger partial charge < -0.3 is 15.2 Å². The number of aryl methyl sites for hydroxylation is 3. The highest BCUT2D eigenvalue weighted by Gasteiger charge is 2.44. The number of benzene rings is 1. The van der Waals surface area contributed by atoms with E-state index < -0.39 is 11.5 Å². The van der Waals surface area contributed by atoms with Crippen molar-refractivity contribution in [2.75, 3.05) is 13.2 Å². The van der Waals surface area contributed by atoms with Crippen LogP contribution in [0.1, 0.15) is 33.5 Å². The molecule has 1 atom stereocenters. The molecule has 0 spiro atoms. The van der Waals surface area contributed by atoms with Gasteiger partial charge in [0.1, 0.15) is 0 Å². The number of aliphatic carboxylic acids is 1. The van der Waals surface area contributed by atoms with Gasteiger partial charge in [0.2, 0.25) is 0 Å². The molecule has 2 rings (SSSR count). The van der Waals surface area contributed by atoms with Crippen molar-refractivity contribution in [3.05, 3.63) is 34.4 Å². The minimum atomic E-state index is -1.30. The number of rotatable bonds is 3. The Labute approximate surface area is 117 Å². The van der Waals surface area contributed by atoms with Crippen molar-refractivity contribution in [2.24, 2.45) is 0 Å². The monoisotopic (exact) mass is 277 g/mol. The van der Waals surface area contributed by atoms with Gasteiger partial charge in [0.25, 0.3) is 5.91 Å². The number of amides is 1. The average Bonchev–Trinajstić information content (AvgIpc) is 2.77. The first-order valence-corrected chi connectivity index (χ1v) is 6.57. The first-order chi connectivity index (χ1) is 9.35. The summed E-state index contributed by atoms with van der Waals surface area (Å²) < 4.78 is 5.14. The molecule has 5 heteroatoms. The summed E-state index contributed by atoms with van der Waals surface area (Å²) in [6.45, 7) is 6.03. The number of carbonyl (C=O) groups is 2. The average molecular weight is 277 g/mol. The van der Waals surface area contributed by atoms with Crippen LogP contribution in [-0.2, 0) is 9.53 Å². The summed E-state index contributed by atoms with van der Waals surface area (Å²) in [5.41, 5.74) is 2.01. The van der Waals surface area contributed by atoms with Gasteiger partial charge in [-0.05, 0) is 31.9 Å². The molecule has 0 radical (unpaired) electrons. The lowest BCUT2D eigenvalue weighted by Crippen LogP contribution is -2.55. The van der Waals surface area contributed by atoms with E-state index in [2.05, 4.69) is 5.32 Å². The Hall–Kier alpha value is -1.88. The molecule has 0 bridgehead atoms. The van der Waals surface area contributed by atoms with Crippen LogP contribution >= 0.6 is 0 Å². The molecule has 1 aliphatic heterocycles. The van der Waals surface area contributed by atoms with E-state index in [-0.39, 0.29) is 18.9 Å². The summed E-state index contributed by atoms with van der Waals surface area (Å²) in [5.74, 6) is -1.40. The Morgan fingerprint density at radius 3 is 2.30 bits per heavy atom. The fourth-order valence-electron chi connectivity index (χ4n) is 2.70. The Morgan fingerprint density at radius 1 is 1.25 bits per heavy atom. The van der Waals surface area contributed by atoms with Crippen LogP contribution in [0.3, 0.4) is 0 Å². The second-order valence-electron chi connectivity index (χ2n) is 5.42. The maximum Gasteiger partial charge on any atom is 0.331 e. The van der Waals surface area contributed by atoms with Crippen LogP contribution in [0.2, 0.25) is 0 Å². The SMILES string of the molecule is Cc1cc(C)c(C(=O)NC2(C(=O)O)CCOC2)c(C)c1. The molecular weight excluding hydrogens is 258 g/mol. The molecule has 1 aromatic carbocycles. The molecule has 5 nitrogen and oxygen atoms in total. The highest BCUT2D eigenvalue weighted by molar-refractivity contribution is 6.00. The smallest absolute Gasteiger partial charge is 0.331 e. The third kappa shape index (κ3) is 2.54. The summed E-state index contributed by atoms with van der Waals surface area (Å²) in [5, 5.41) is 12.0. The zero-order valence-corrected chi connectivity index (χ0v) is 11.9. The fourth-order valence-corrected chi connectivity index (χ4v) is 2.70. The van der Waals surface area contributed by atoms with Gasteiger partial charge in [-0.25, -0.2) is 4.79 Å². The molecule has 0 aromatic heterocycles. The lowest BCUT2D eigenvalue weighted by molar-refractivity contribution is -0.144. The first kappa shape index (κ1) is 14.5. The van der Waals surface area contributed by atoms with E-state index in [9.17, 15) is 14.7 Å². The minimum Gasteiger partial charge on any atom is -0.479 e. The van der Waals surface area contributed by atoms with E-state index in [1.165, 1.54) is 0 Å². The Kier molecular flexibility index (Phi) is 3.81. The summed E-state index contributed by atoms with van der Waals surface area (Å²) in [7, 11) is 0. The number of ether oxygens (including phenoxy) is 1. The highest BCUT2D eigenvalue weighted by Crippen LogP contribution is 2.22. The summed E-state index contributed by atoms with van der Waals surface area (Å²) in [6, 6.07) is 3.83. The van der Waals surface area contributed by atoms with Gasteiger partial charge in [0.05, 0.1) is 6.61 Å². The van der Waals surface area contributed by atoms with Gasteiger partial charge in [-0.2, -0.15) is 0 Å². The molecule has 0 saturated carbocycles. The second kappa shape index (κ2) is 5.25. The van der Waals surface area contributed by atoms with E-state index in [1.807, 2.05) is 32.9 Å². The summed E-state index contributed by atoms with van der Waals surface area (Å²) in [6.07, 6.45) is 0.290. The van der Waals surface area contributed by atoms with E-state index in [4.69, 9.17) is 4.74 Å². The van der Waals surface area contributed by atoms with Gasteiger partial charge in [-0.3, -0.25) is 4.79 Å². The number of carboxylic acid groups (broad SMARTS) is 1. The molecule has 0 aliphatic carbocycles. The van der Waals surface area contributed by atoms with Crippen molar-refractivity contribution in [2.45, 2.75) is 32.7 Å². The van der Waals surface area contributed by atoms with Crippen LogP contribution in [0.5, 0.6) is 0 Å². The number of hydrogen-bond donors (Lipinski definition) is 2. The molecule has 1 heterocycles. The van der Waals surface area contributed by atoms with Crippen LogP contribution < -0.4 is 5.32 Å². The molecule has 1 fully saturated rings. The van der Waals surface area contributed by atoms with E-state index >= 15 is 0 Å². The lowest BCUT2D eigenvalue weighted by Gasteiger charge is -2.24. The lowest BCUT2D eigenvalue weighted by atomic mass is 9.95. The predicted molar refractivity (Wildman–Crippen MR) is 73.9 cm³/mol. The Bertz CT molecular complexity index is 536. The number of carbonyl (C=O) groups excluding carboxylic acids is 1.